The van der Waals surface area contributed by atoms with Gasteiger partial charge in [0, 0.05) is 0 Å². The predicted molar refractivity (Wildman–Crippen MR) is 80.7 cm³/mol. The quantitative estimate of drug-likeness (QED) is 0.285. The van der Waals surface area contributed by atoms with Crippen molar-refractivity contribution >= 4 is 50.0 Å². The second kappa shape index (κ2) is 14.4. The van der Waals surface area contributed by atoms with Crippen molar-refractivity contribution in [3.05, 3.63) is 0 Å². The van der Waals surface area contributed by atoms with E-state index in [0.717, 1.165) is 13.2 Å². The van der Waals surface area contributed by atoms with E-state index in [1.807, 2.05) is 0 Å². The minimum absolute atomic E-state index is 0.988. The first-order valence-electron chi connectivity index (χ1n) is 7.15. The predicted octanol–water partition coefficient (Wildman–Crippen LogP) is 0.972. The summed E-state index contributed by atoms with van der Waals surface area (Å²) in [5.41, 5.74) is 0. The molecular weight excluding hydrogens is 327 g/mol. The minimum atomic E-state index is -4.84. The van der Waals surface area contributed by atoms with Crippen molar-refractivity contribution in [3.8, 4) is 0 Å². The third-order valence-corrected chi connectivity index (χ3v) is 3.98. The van der Waals surface area contributed by atoms with Crippen LogP contribution in [0.3, 0.4) is 0 Å². The molecule has 0 heterocycles. The molecular formula is C12H23NaO8S. The van der Waals surface area contributed by atoms with Crippen LogP contribution in [0.1, 0.15) is 39.0 Å². The average Bonchev–Trinajstić information content (AvgIpc) is 2.39. The van der Waals surface area contributed by atoms with E-state index >= 15 is 0 Å². The smallest absolute Gasteiger partial charge is 0.325 e. The minimum Gasteiger partial charge on any atom is -0.481 e. The first-order chi connectivity index (χ1) is 10.2. The maximum atomic E-state index is 10.2. The zero-order chi connectivity index (χ0) is 17.6. The Morgan fingerprint density at radius 3 is 2.05 bits per heavy atom. The summed E-state index contributed by atoms with van der Waals surface area (Å²) in [7, 11) is -4.84. The molecule has 126 valence electrons. The molecule has 0 aromatic rings. The van der Waals surface area contributed by atoms with Crippen LogP contribution in [-0.2, 0) is 24.4 Å². The van der Waals surface area contributed by atoms with E-state index in [1.54, 1.807) is 0 Å². The number of carboxylic acid groups (broad SMARTS) is 2. The van der Waals surface area contributed by atoms with E-state index in [9.17, 15) is 18.0 Å². The molecule has 0 aliphatic rings. The Labute approximate surface area is 148 Å². The van der Waals surface area contributed by atoms with Gasteiger partial charge in [-0.2, -0.15) is 8.42 Å². The largest absolute Gasteiger partial charge is 0.481 e. The summed E-state index contributed by atoms with van der Waals surface area (Å²) in [5, 5.41) is 13.9. The summed E-state index contributed by atoms with van der Waals surface area (Å²) in [6.45, 7) is 4.22. The Morgan fingerprint density at radius 1 is 1.14 bits per heavy atom. The van der Waals surface area contributed by atoms with Gasteiger partial charge in [0.1, 0.15) is 0 Å². The summed E-state index contributed by atoms with van der Waals surface area (Å²) in [5.74, 6) is -3.50. The van der Waals surface area contributed by atoms with E-state index in [1.165, 1.54) is 57.3 Å². The Hall–Kier alpha value is -0.190. The molecule has 0 amide bonds. The Kier molecular flexibility index (Phi) is 15.8. The molecule has 22 heavy (non-hydrogen) atoms. The summed E-state index contributed by atoms with van der Waals surface area (Å²) in [6.07, 6.45) is 4.13. The molecule has 3 N–H and O–H groups in total. The number of carbonyl (C=O) groups is 2. The zero-order valence-corrected chi connectivity index (χ0v) is 15.8. The van der Waals surface area contributed by atoms with E-state index in [-0.39, 0.29) is 0 Å². The Bertz CT molecular complexity index is 401. The van der Waals surface area contributed by atoms with Crippen LogP contribution in [0.4, 0.5) is 0 Å². The van der Waals surface area contributed by atoms with E-state index < -0.39 is 33.7 Å². The van der Waals surface area contributed by atoms with Crippen LogP contribution in [0.15, 0.2) is 0 Å². The molecule has 0 fully saturated rings. The first kappa shape index (κ1) is 24.1. The molecule has 0 spiro atoms. The number of ether oxygens (including phenoxy) is 1. The molecule has 10 heteroatoms. The van der Waals surface area contributed by atoms with Gasteiger partial charge < -0.3 is 10.2 Å². The fourth-order valence-electron chi connectivity index (χ4n) is 1.36. The third-order valence-electron chi connectivity index (χ3n) is 2.49. The summed E-state index contributed by atoms with van der Waals surface area (Å²) < 4.78 is 35.3. The van der Waals surface area contributed by atoms with Crippen LogP contribution in [-0.4, -0.2) is 81.5 Å². The van der Waals surface area contributed by atoms with Crippen LogP contribution in [0.2, 0.25) is 3.67 Å². The summed E-state index contributed by atoms with van der Waals surface area (Å²) >= 11 is 1.28. The summed E-state index contributed by atoms with van der Waals surface area (Å²) in [6, 6.07) is 0. The second-order valence-corrected chi connectivity index (χ2v) is 7.21. The molecule has 1 unspecified atom stereocenters. The van der Waals surface area contributed by atoms with Crippen molar-refractivity contribution < 1.29 is 37.5 Å². The second-order valence-electron chi connectivity index (χ2n) is 4.61. The average molecular weight is 350 g/mol. The molecule has 8 nitrogen and oxygen atoms in total. The molecule has 0 aromatic heterocycles. The van der Waals surface area contributed by atoms with E-state index in [4.69, 9.17) is 19.5 Å². The van der Waals surface area contributed by atoms with Crippen molar-refractivity contribution in [2.24, 2.45) is 0 Å². The van der Waals surface area contributed by atoms with Crippen molar-refractivity contribution in [2.75, 3.05) is 13.2 Å². The molecule has 1 atom stereocenters. The summed E-state index contributed by atoms with van der Waals surface area (Å²) in [4.78, 5) is 20.0. The number of hydrogen-bond donors (Lipinski definition) is 3. The van der Waals surface area contributed by atoms with Gasteiger partial charge in [0.15, 0.2) is 5.25 Å². The molecule has 0 rings (SSSR count). The van der Waals surface area contributed by atoms with Gasteiger partial charge in [0.05, 0.1) is 6.42 Å². The number of carboxylic acids is 2. The van der Waals surface area contributed by atoms with Gasteiger partial charge in [0.2, 0.25) is 0 Å². The Balaban J connectivity index is 0. The van der Waals surface area contributed by atoms with Crippen LogP contribution >= 0.6 is 0 Å². The number of hydrogen-bond acceptors (Lipinski definition) is 5. The van der Waals surface area contributed by atoms with Gasteiger partial charge in [-0.3, -0.25) is 14.1 Å². The Morgan fingerprint density at radius 2 is 1.73 bits per heavy atom. The molecule has 0 aromatic carbocycles. The van der Waals surface area contributed by atoms with Crippen LogP contribution < -0.4 is 0 Å². The number of unbranched alkanes of at least 4 members (excludes halogenated alkanes) is 3. The zero-order valence-electron chi connectivity index (χ0n) is 13.0. The standard InChI is InChI=1S/C8H17O.C4H6O7S.Na/c1-3-5-6-7-8-9-4-2;5-3(6)1-2(4(7)8)12(9,10)11;/h2-8H2,1H3;2H,1H2,(H,5,6)(H,7,8)(H,9,10,11);. The fraction of sp³-hybridized carbons (Fsp3) is 0.833. The third kappa shape index (κ3) is 16.2. The van der Waals surface area contributed by atoms with E-state index in [0.29, 0.717) is 0 Å². The molecule has 0 radical (unpaired) electrons. The van der Waals surface area contributed by atoms with E-state index in [2.05, 4.69) is 6.92 Å². The van der Waals surface area contributed by atoms with Crippen LogP contribution in [0.25, 0.3) is 0 Å². The first-order valence-corrected chi connectivity index (χ1v) is 10.1. The topological polar surface area (TPSA) is 138 Å². The van der Waals surface area contributed by atoms with Gasteiger partial charge in [-0.25, -0.2) is 0 Å². The number of aliphatic carboxylic acids is 2. The van der Waals surface area contributed by atoms with Gasteiger partial charge in [-0.1, -0.05) is 0 Å². The monoisotopic (exact) mass is 350 g/mol. The van der Waals surface area contributed by atoms with Gasteiger partial charge in [-0.15, -0.1) is 0 Å². The maximum absolute atomic E-state index is 10.2. The van der Waals surface area contributed by atoms with Crippen molar-refractivity contribution in [1.29, 1.82) is 0 Å². The number of rotatable bonds is 11. The van der Waals surface area contributed by atoms with Gasteiger partial charge >= 0.3 is 94.1 Å². The molecule has 0 aliphatic heterocycles. The molecule has 0 aliphatic carbocycles. The molecule has 0 saturated heterocycles. The van der Waals surface area contributed by atoms with Gasteiger partial charge in [-0.05, 0) is 0 Å². The van der Waals surface area contributed by atoms with Gasteiger partial charge in [0.25, 0.3) is 10.1 Å². The molecule has 0 saturated carbocycles. The molecule has 0 bridgehead atoms. The van der Waals surface area contributed by atoms with Crippen molar-refractivity contribution in [2.45, 2.75) is 47.9 Å². The van der Waals surface area contributed by atoms with Crippen LogP contribution in [0.5, 0.6) is 0 Å². The SMILES string of the molecule is CCCCCCOC[CH2][Na].O=C(O)CC(C(=O)O)S(=O)(=O)O. The van der Waals surface area contributed by atoms with Crippen molar-refractivity contribution in [1.82, 2.24) is 0 Å². The maximum Gasteiger partial charge on any atom is 0.325 e. The normalized spacial score (nSPS) is 12.2. The van der Waals surface area contributed by atoms with Crippen molar-refractivity contribution in [3.63, 3.8) is 0 Å². The fourth-order valence-corrected chi connectivity index (χ4v) is 2.25. The van der Waals surface area contributed by atoms with Crippen LogP contribution in [0, 0.1) is 0 Å².